The fourth-order valence-corrected chi connectivity index (χ4v) is 3.21. The van der Waals surface area contributed by atoms with Crippen LogP contribution in [-0.4, -0.2) is 38.7 Å². The molecule has 0 aromatic heterocycles. The van der Waals surface area contributed by atoms with Crippen LogP contribution in [0.25, 0.3) is 6.08 Å². The molecule has 0 aliphatic carbocycles. The second-order valence-corrected chi connectivity index (χ2v) is 6.74. The molecule has 0 bridgehead atoms. The number of esters is 1. The Morgan fingerprint density at radius 3 is 2.31 bits per heavy atom. The van der Waals surface area contributed by atoms with Gasteiger partial charge in [0.1, 0.15) is 0 Å². The standard InChI is InChI=1S/C18H25O7P/c1-4-23-26(21,24-5-2)25-14-8-10-15-9-6-7-11-16(15)17(19)12-13-18(20)22-3/h6-11H,4-5,12-14H2,1-3H3/b10-8+. The Morgan fingerprint density at radius 1 is 1.04 bits per heavy atom. The van der Waals surface area contributed by atoms with Crippen LogP contribution in [0.15, 0.2) is 30.3 Å². The van der Waals surface area contributed by atoms with Gasteiger partial charge in [0.2, 0.25) is 0 Å². The zero-order chi connectivity index (χ0) is 19.4. The Labute approximate surface area is 153 Å². The molecule has 0 N–H and O–H groups in total. The summed E-state index contributed by atoms with van der Waals surface area (Å²) in [6, 6.07) is 7.00. The third kappa shape index (κ3) is 7.62. The van der Waals surface area contributed by atoms with E-state index in [4.69, 9.17) is 13.6 Å². The lowest BCUT2D eigenvalue weighted by atomic mass is 10.0. The van der Waals surface area contributed by atoms with Crippen LogP contribution in [0.3, 0.4) is 0 Å². The molecule has 1 aromatic rings. The number of phosphoric ester groups is 1. The first-order valence-corrected chi connectivity index (χ1v) is 9.81. The Kier molecular flexibility index (Phi) is 10.1. The number of phosphoric acid groups is 1. The average molecular weight is 384 g/mol. The van der Waals surface area contributed by atoms with Gasteiger partial charge >= 0.3 is 13.8 Å². The van der Waals surface area contributed by atoms with Gasteiger partial charge in [-0.05, 0) is 19.4 Å². The Hall–Kier alpha value is -1.79. The van der Waals surface area contributed by atoms with Crippen LogP contribution in [0.1, 0.15) is 42.6 Å². The number of ketones is 1. The molecular formula is C18H25O7P. The second-order valence-electron chi connectivity index (χ2n) is 5.07. The highest BCUT2D eigenvalue weighted by Crippen LogP contribution is 2.49. The van der Waals surface area contributed by atoms with Crippen LogP contribution < -0.4 is 0 Å². The largest absolute Gasteiger partial charge is 0.475 e. The molecule has 0 saturated carbocycles. The summed E-state index contributed by atoms with van der Waals surface area (Å²) in [5, 5.41) is 0. The molecule has 1 rings (SSSR count). The van der Waals surface area contributed by atoms with Crippen molar-refractivity contribution in [3.63, 3.8) is 0 Å². The molecule has 26 heavy (non-hydrogen) atoms. The van der Waals surface area contributed by atoms with Gasteiger partial charge in [0.15, 0.2) is 5.78 Å². The van der Waals surface area contributed by atoms with Gasteiger partial charge < -0.3 is 4.74 Å². The van der Waals surface area contributed by atoms with Crippen LogP contribution in [0.5, 0.6) is 0 Å². The van der Waals surface area contributed by atoms with E-state index in [9.17, 15) is 14.2 Å². The topological polar surface area (TPSA) is 88.1 Å². The van der Waals surface area contributed by atoms with Gasteiger partial charge in [0.25, 0.3) is 0 Å². The van der Waals surface area contributed by atoms with Gasteiger partial charge in [-0.2, -0.15) is 0 Å². The monoisotopic (exact) mass is 384 g/mol. The molecule has 0 atom stereocenters. The highest BCUT2D eigenvalue weighted by atomic mass is 31.2. The normalized spacial score (nSPS) is 11.7. The summed E-state index contributed by atoms with van der Waals surface area (Å²) in [4.78, 5) is 23.5. The molecule has 0 amide bonds. The number of methoxy groups -OCH3 is 1. The minimum absolute atomic E-state index is 0.00195. The number of rotatable bonds is 12. The van der Waals surface area contributed by atoms with E-state index in [0.29, 0.717) is 11.1 Å². The van der Waals surface area contributed by atoms with E-state index >= 15 is 0 Å². The van der Waals surface area contributed by atoms with Gasteiger partial charge in [-0.3, -0.25) is 23.2 Å². The lowest BCUT2D eigenvalue weighted by Crippen LogP contribution is -2.07. The third-order valence-electron chi connectivity index (χ3n) is 3.25. The van der Waals surface area contributed by atoms with Crippen LogP contribution in [-0.2, 0) is 27.7 Å². The zero-order valence-electron chi connectivity index (χ0n) is 15.3. The van der Waals surface area contributed by atoms with Gasteiger partial charge in [-0.25, -0.2) is 4.57 Å². The molecule has 0 spiro atoms. The van der Waals surface area contributed by atoms with Crippen molar-refractivity contribution in [1.82, 2.24) is 0 Å². The van der Waals surface area contributed by atoms with Gasteiger partial charge in [0.05, 0.1) is 33.4 Å². The molecule has 0 radical (unpaired) electrons. The summed E-state index contributed by atoms with van der Waals surface area (Å²) in [7, 11) is -2.28. The number of ether oxygens (including phenoxy) is 1. The third-order valence-corrected chi connectivity index (χ3v) is 4.86. The van der Waals surface area contributed by atoms with E-state index in [-0.39, 0.29) is 38.4 Å². The highest BCUT2D eigenvalue weighted by Gasteiger charge is 2.24. The van der Waals surface area contributed by atoms with Crippen molar-refractivity contribution >= 4 is 25.7 Å². The second kappa shape index (κ2) is 11.8. The van der Waals surface area contributed by atoms with E-state index in [1.54, 1.807) is 50.3 Å². The molecule has 144 valence electrons. The van der Waals surface area contributed by atoms with Crippen molar-refractivity contribution in [2.24, 2.45) is 0 Å². The molecule has 0 aliphatic rings. The Bertz CT molecular complexity index is 659. The summed E-state index contributed by atoms with van der Waals surface area (Å²) >= 11 is 0. The van der Waals surface area contributed by atoms with Gasteiger partial charge in [-0.15, -0.1) is 0 Å². The van der Waals surface area contributed by atoms with Crippen LogP contribution in [0, 0.1) is 0 Å². The van der Waals surface area contributed by atoms with E-state index in [1.165, 1.54) is 7.11 Å². The van der Waals surface area contributed by atoms with Crippen molar-refractivity contribution in [1.29, 1.82) is 0 Å². The van der Waals surface area contributed by atoms with Crippen molar-refractivity contribution in [2.45, 2.75) is 26.7 Å². The van der Waals surface area contributed by atoms with Crippen LogP contribution in [0.2, 0.25) is 0 Å². The Balaban J connectivity index is 2.72. The first-order chi connectivity index (χ1) is 12.5. The molecule has 0 heterocycles. The minimum atomic E-state index is -3.57. The number of carbonyl (C=O) groups is 2. The number of hydrogen-bond acceptors (Lipinski definition) is 7. The molecule has 8 heteroatoms. The molecule has 7 nitrogen and oxygen atoms in total. The molecule has 1 aromatic carbocycles. The molecule has 0 saturated heterocycles. The van der Waals surface area contributed by atoms with Crippen LogP contribution in [0.4, 0.5) is 0 Å². The fraction of sp³-hybridized carbons (Fsp3) is 0.444. The maximum atomic E-state index is 12.3. The fourth-order valence-electron chi connectivity index (χ4n) is 2.09. The molecular weight excluding hydrogens is 359 g/mol. The van der Waals surface area contributed by atoms with E-state index in [0.717, 1.165) is 0 Å². The summed E-state index contributed by atoms with van der Waals surface area (Å²) in [6.07, 6.45) is 3.41. The van der Waals surface area contributed by atoms with E-state index in [1.807, 2.05) is 0 Å². The lowest BCUT2D eigenvalue weighted by molar-refractivity contribution is -0.140. The predicted octanol–water partition coefficient (Wildman–Crippen LogP) is 4.03. The van der Waals surface area contributed by atoms with Crippen molar-refractivity contribution < 1.29 is 32.5 Å². The number of Topliss-reactive ketones (excluding diaryl/α,β-unsaturated/α-hetero) is 1. The summed E-state index contributed by atoms with van der Waals surface area (Å²) in [5.74, 6) is -0.590. The summed E-state index contributed by atoms with van der Waals surface area (Å²) < 4.78 is 32.0. The zero-order valence-corrected chi connectivity index (χ0v) is 16.2. The number of hydrogen-bond donors (Lipinski definition) is 0. The molecule has 0 aliphatic heterocycles. The SMILES string of the molecule is CCOP(=O)(OCC)OC/C=C/c1ccccc1C(=O)CCC(=O)OC. The maximum Gasteiger partial charge on any atom is 0.475 e. The smallest absolute Gasteiger partial charge is 0.469 e. The number of carbonyl (C=O) groups excluding carboxylic acids is 2. The van der Waals surface area contributed by atoms with E-state index in [2.05, 4.69) is 4.74 Å². The van der Waals surface area contributed by atoms with Crippen molar-refractivity contribution in [2.75, 3.05) is 26.9 Å². The molecule has 0 unspecified atom stereocenters. The maximum absolute atomic E-state index is 12.3. The van der Waals surface area contributed by atoms with Gasteiger partial charge in [0, 0.05) is 12.0 Å². The van der Waals surface area contributed by atoms with Gasteiger partial charge in [-0.1, -0.05) is 36.4 Å². The first kappa shape index (κ1) is 22.3. The summed E-state index contributed by atoms with van der Waals surface area (Å²) in [6.45, 7) is 3.81. The van der Waals surface area contributed by atoms with Crippen molar-refractivity contribution in [3.05, 3.63) is 41.5 Å². The predicted molar refractivity (Wildman–Crippen MR) is 97.9 cm³/mol. The quantitative estimate of drug-likeness (QED) is 0.305. The first-order valence-electron chi connectivity index (χ1n) is 8.35. The van der Waals surface area contributed by atoms with E-state index < -0.39 is 13.8 Å². The summed E-state index contributed by atoms with van der Waals surface area (Å²) in [5.41, 5.74) is 1.17. The number of benzene rings is 1. The van der Waals surface area contributed by atoms with Crippen LogP contribution >= 0.6 is 7.82 Å². The van der Waals surface area contributed by atoms with Crippen molar-refractivity contribution in [3.8, 4) is 0 Å². The molecule has 0 fully saturated rings. The highest BCUT2D eigenvalue weighted by molar-refractivity contribution is 7.48. The average Bonchev–Trinajstić information content (AvgIpc) is 2.63. The lowest BCUT2D eigenvalue weighted by Gasteiger charge is -2.15. The Morgan fingerprint density at radius 2 is 1.69 bits per heavy atom. The minimum Gasteiger partial charge on any atom is -0.469 e.